The van der Waals surface area contributed by atoms with Crippen molar-refractivity contribution < 1.29 is 0 Å². The van der Waals surface area contributed by atoms with Crippen LogP contribution in [0.15, 0.2) is 53.5 Å². The van der Waals surface area contributed by atoms with E-state index < -0.39 is 0 Å². The second-order valence-corrected chi connectivity index (χ2v) is 5.75. The predicted molar refractivity (Wildman–Crippen MR) is 88.1 cm³/mol. The van der Waals surface area contributed by atoms with Gasteiger partial charge >= 0.3 is 0 Å². The maximum atomic E-state index is 4.78. The fourth-order valence-electron chi connectivity index (χ4n) is 3.16. The molecule has 21 heavy (non-hydrogen) atoms. The minimum Gasteiger partial charge on any atom is -0.310 e. The van der Waals surface area contributed by atoms with E-state index in [-0.39, 0.29) is 0 Å². The van der Waals surface area contributed by atoms with Crippen LogP contribution >= 0.6 is 0 Å². The largest absolute Gasteiger partial charge is 0.310 e. The zero-order valence-corrected chi connectivity index (χ0v) is 12.3. The molecule has 2 aromatic carbocycles. The molecular formula is C18H19N3. The van der Waals surface area contributed by atoms with Crippen LogP contribution in [0.3, 0.4) is 0 Å². The van der Waals surface area contributed by atoms with Crippen LogP contribution in [-0.4, -0.2) is 19.0 Å². The summed E-state index contributed by atoms with van der Waals surface area (Å²) in [5.74, 6) is 1.12. The Hall–Kier alpha value is -2.29. The summed E-state index contributed by atoms with van der Waals surface area (Å²) in [5.41, 5.74) is 5.22. The quantitative estimate of drug-likeness (QED) is 0.835. The van der Waals surface area contributed by atoms with Crippen LogP contribution in [0.1, 0.15) is 17.5 Å². The topological polar surface area (TPSA) is 18.8 Å². The van der Waals surface area contributed by atoms with Crippen molar-refractivity contribution in [1.82, 2.24) is 0 Å². The van der Waals surface area contributed by atoms with Crippen LogP contribution in [0.4, 0.5) is 11.4 Å². The normalized spacial score (nSPS) is 16.5. The maximum absolute atomic E-state index is 4.78. The van der Waals surface area contributed by atoms with Gasteiger partial charge in [-0.2, -0.15) is 0 Å². The van der Waals surface area contributed by atoms with Crippen molar-refractivity contribution in [1.29, 1.82) is 0 Å². The SMILES string of the molecule is Cc1ccc2c(c1)N1CCCN=C1N2Cc1ccccc1. The van der Waals surface area contributed by atoms with Gasteiger partial charge in [0.2, 0.25) is 5.96 Å². The minimum absolute atomic E-state index is 0.881. The van der Waals surface area contributed by atoms with Gasteiger partial charge in [-0.05, 0) is 36.6 Å². The Kier molecular flexibility index (Phi) is 2.92. The minimum atomic E-state index is 0.881. The van der Waals surface area contributed by atoms with Gasteiger partial charge in [0.1, 0.15) is 0 Å². The van der Waals surface area contributed by atoms with Gasteiger partial charge in [0.05, 0.1) is 17.9 Å². The number of benzene rings is 2. The molecule has 4 rings (SSSR count). The number of nitrogens with zero attached hydrogens (tertiary/aromatic N) is 3. The van der Waals surface area contributed by atoms with E-state index in [1.807, 2.05) is 0 Å². The van der Waals surface area contributed by atoms with Crippen molar-refractivity contribution in [3.63, 3.8) is 0 Å². The van der Waals surface area contributed by atoms with Crippen LogP contribution in [-0.2, 0) is 6.54 Å². The van der Waals surface area contributed by atoms with Gasteiger partial charge in [-0.1, -0.05) is 36.4 Å². The number of fused-ring (bicyclic) bond motifs is 3. The van der Waals surface area contributed by atoms with Crippen molar-refractivity contribution in [2.75, 3.05) is 22.9 Å². The van der Waals surface area contributed by atoms with Crippen LogP contribution in [0, 0.1) is 6.92 Å². The van der Waals surface area contributed by atoms with Gasteiger partial charge in [0, 0.05) is 13.1 Å². The smallest absolute Gasteiger partial charge is 0.206 e. The van der Waals surface area contributed by atoms with Crippen LogP contribution in [0.25, 0.3) is 0 Å². The monoisotopic (exact) mass is 277 g/mol. The number of hydrogen-bond acceptors (Lipinski definition) is 3. The lowest BCUT2D eigenvalue weighted by molar-refractivity contribution is 0.784. The molecule has 2 aliphatic rings. The summed E-state index contributed by atoms with van der Waals surface area (Å²) in [6.45, 7) is 5.04. The Bertz CT molecular complexity index is 691. The van der Waals surface area contributed by atoms with Gasteiger partial charge in [0.25, 0.3) is 0 Å². The highest BCUT2D eigenvalue weighted by Gasteiger charge is 2.33. The van der Waals surface area contributed by atoms with Gasteiger partial charge < -0.3 is 9.80 Å². The molecule has 0 bridgehead atoms. The summed E-state index contributed by atoms with van der Waals surface area (Å²) < 4.78 is 0. The highest BCUT2D eigenvalue weighted by atomic mass is 15.4. The maximum Gasteiger partial charge on any atom is 0.206 e. The summed E-state index contributed by atoms with van der Waals surface area (Å²) in [6, 6.07) is 17.3. The van der Waals surface area contributed by atoms with Crippen LogP contribution in [0.2, 0.25) is 0 Å². The number of aryl methyl sites for hydroxylation is 1. The van der Waals surface area contributed by atoms with E-state index >= 15 is 0 Å². The molecule has 0 saturated heterocycles. The third-order valence-corrected chi connectivity index (χ3v) is 4.17. The molecular weight excluding hydrogens is 258 g/mol. The molecule has 3 heteroatoms. The first-order valence-corrected chi connectivity index (χ1v) is 7.57. The summed E-state index contributed by atoms with van der Waals surface area (Å²) >= 11 is 0. The van der Waals surface area contributed by atoms with Crippen molar-refractivity contribution in [2.45, 2.75) is 19.9 Å². The third-order valence-electron chi connectivity index (χ3n) is 4.17. The van der Waals surface area contributed by atoms with E-state index in [1.54, 1.807) is 0 Å². The highest BCUT2D eigenvalue weighted by molar-refractivity contribution is 6.16. The van der Waals surface area contributed by atoms with Crippen molar-refractivity contribution in [3.8, 4) is 0 Å². The van der Waals surface area contributed by atoms with Gasteiger partial charge in [-0.25, -0.2) is 0 Å². The second-order valence-electron chi connectivity index (χ2n) is 5.75. The predicted octanol–water partition coefficient (Wildman–Crippen LogP) is 3.58. The Morgan fingerprint density at radius 1 is 1.05 bits per heavy atom. The zero-order valence-electron chi connectivity index (χ0n) is 12.3. The number of anilines is 2. The molecule has 0 amide bonds. The lowest BCUT2D eigenvalue weighted by Gasteiger charge is -2.26. The van der Waals surface area contributed by atoms with Crippen molar-refractivity contribution in [3.05, 3.63) is 59.7 Å². The molecule has 2 aliphatic heterocycles. The first-order chi connectivity index (χ1) is 10.3. The average Bonchev–Trinajstić information content (AvgIpc) is 2.82. The molecule has 106 valence electrons. The third kappa shape index (κ3) is 2.09. The number of guanidine groups is 1. The van der Waals surface area contributed by atoms with Gasteiger partial charge in [0.15, 0.2) is 0 Å². The molecule has 0 fully saturated rings. The standard InChI is InChI=1S/C18H19N3/c1-14-8-9-16-17(12-14)20-11-5-10-19-18(20)21(16)13-15-6-3-2-4-7-15/h2-4,6-9,12H,5,10-11,13H2,1H3. The lowest BCUT2D eigenvalue weighted by atomic mass is 10.1. The average molecular weight is 277 g/mol. The molecule has 0 aliphatic carbocycles. The van der Waals surface area contributed by atoms with Crippen LogP contribution in [0.5, 0.6) is 0 Å². The molecule has 3 nitrogen and oxygen atoms in total. The van der Waals surface area contributed by atoms with E-state index in [0.717, 1.165) is 32.0 Å². The number of hydrogen-bond donors (Lipinski definition) is 0. The molecule has 0 N–H and O–H groups in total. The molecule has 0 spiro atoms. The first kappa shape index (κ1) is 12.5. The Balaban J connectivity index is 1.77. The molecule has 0 aromatic heterocycles. The number of rotatable bonds is 2. The summed E-state index contributed by atoms with van der Waals surface area (Å²) in [4.78, 5) is 9.50. The van der Waals surface area contributed by atoms with Crippen LogP contribution < -0.4 is 9.80 Å². The molecule has 2 aromatic rings. The van der Waals surface area contributed by atoms with Crippen molar-refractivity contribution >= 4 is 17.3 Å². The van der Waals surface area contributed by atoms with E-state index in [0.29, 0.717) is 0 Å². The Morgan fingerprint density at radius 3 is 2.76 bits per heavy atom. The Labute approximate surface area is 125 Å². The summed E-state index contributed by atoms with van der Waals surface area (Å²) in [6.07, 6.45) is 1.13. The highest BCUT2D eigenvalue weighted by Crippen LogP contribution is 2.39. The van der Waals surface area contributed by atoms with E-state index in [1.165, 1.54) is 22.5 Å². The fraction of sp³-hybridized carbons (Fsp3) is 0.278. The fourth-order valence-corrected chi connectivity index (χ4v) is 3.16. The lowest BCUT2D eigenvalue weighted by Crippen LogP contribution is -2.41. The molecule has 0 saturated carbocycles. The van der Waals surface area contributed by atoms with Gasteiger partial charge in [-0.15, -0.1) is 0 Å². The van der Waals surface area contributed by atoms with Crippen molar-refractivity contribution in [2.24, 2.45) is 4.99 Å². The zero-order chi connectivity index (χ0) is 14.2. The second kappa shape index (κ2) is 4.92. The number of aliphatic imine (C=N–C) groups is 1. The molecule has 0 unspecified atom stereocenters. The molecule has 0 atom stereocenters. The molecule has 0 radical (unpaired) electrons. The summed E-state index contributed by atoms with van der Waals surface area (Å²) in [5, 5.41) is 0. The summed E-state index contributed by atoms with van der Waals surface area (Å²) in [7, 11) is 0. The van der Waals surface area contributed by atoms with E-state index in [9.17, 15) is 0 Å². The van der Waals surface area contributed by atoms with E-state index in [2.05, 4.69) is 65.3 Å². The van der Waals surface area contributed by atoms with Gasteiger partial charge in [-0.3, -0.25) is 4.99 Å². The van der Waals surface area contributed by atoms with E-state index in [4.69, 9.17) is 4.99 Å². The first-order valence-electron chi connectivity index (χ1n) is 7.57. The Morgan fingerprint density at radius 2 is 1.90 bits per heavy atom. The molecule has 2 heterocycles.